The molecule has 0 aromatic heterocycles. The van der Waals surface area contributed by atoms with Crippen LogP contribution in [0.5, 0.6) is 0 Å². The summed E-state index contributed by atoms with van der Waals surface area (Å²) < 4.78 is 0. The lowest BCUT2D eigenvalue weighted by Crippen LogP contribution is -2.41. The SMILES string of the molecule is O=C1Cc2ccc(C(=O)NC(CCO)C(=O)O)cc2N1. The van der Waals surface area contributed by atoms with Crippen LogP contribution in [0, 0.1) is 0 Å². The van der Waals surface area contributed by atoms with Crippen LogP contribution in [-0.4, -0.2) is 40.6 Å². The van der Waals surface area contributed by atoms with Crippen molar-refractivity contribution in [3.8, 4) is 0 Å². The zero-order valence-electron chi connectivity index (χ0n) is 10.5. The molecule has 0 saturated heterocycles. The van der Waals surface area contributed by atoms with E-state index >= 15 is 0 Å². The highest BCUT2D eigenvalue weighted by molar-refractivity contribution is 6.02. The number of aliphatic carboxylic acids is 1. The number of anilines is 1. The molecule has 20 heavy (non-hydrogen) atoms. The molecule has 2 rings (SSSR count). The second-order valence-corrected chi connectivity index (χ2v) is 4.47. The molecule has 4 N–H and O–H groups in total. The Bertz CT molecular complexity index is 570. The maximum absolute atomic E-state index is 11.9. The number of hydrogen-bond acceptors (Lipinski definition) is 4. The predicted molar refractivity (Wildman–Crippen MR) is 69.4 cm³/mol. The van der Waals surface area contributed by atoms with Gasteiger partial charge in [-0.1, -0.05) is 6.07 Å². The van der Waals surface area contributed by atoms with E-state index in [1.54, 1.807) is 6.07 Å². The number of carbonyl (C=O) groups excluding carboxylic acids is 2. The first-order chi connectivity index (χ1) is 9.51. The molecule has 0 radical (unpaired) electrons. The van der Waals surface area contributed by atoms with Crippen molar-refractivity contribution in [2.45, 2.75) is 18.9 Å². The van der Waals surface area contributed by atoms with Gasteiger partial charge >= 0.3 is 5.97 Å². The number of amides is 2. The van der Waals surface area contributed by atoms with Crippen molar-refractivity contribution in [1.82, 2.24) is 5.32 Å². The van der Waals surface area contributed by atoms with Crippen LogP contribution < -0.4 is 10.6 Å². The molecular formula is C13H14N2O5. The van der Waals surface area contributed by atoms with Gasteiger partial charge in [-0.3, -0.25) is 9.59 Å². The van der Waals surface area contributed by atoms with Gasteiger partial charge in [0.2, 0.25) is 5.91 Å². The van der Waals surface area contributed by atoms with Crippen molar-refractivity contribution in [2.24, 2.45) is 0 Å². The molecule has 1 atom stereocenters. The van der Waals surface area contributed by atoms with Crippen LogP contribution in [0.3, 0.4) is 0 Å². The molecule has 0 bridgehead atoms. The highest BCUT2D eigenvalue weighted by Gasteiger charge is 2.22. The second kappa shape index (κ2) is 5.70. The van der Waals surface area contributed by atoms with E-state index in [2.05, 4.69) is 10.6 Å². The fourth-order valence-corrected chi connectivity index (χ4v) is 1.98. The summed E-state index contributed by atoms with van der Waals surface area (Å²) >= 11 is 0. The monoisotopic (exact) mass is 278 g/mol. The topological polar surface area (TPSA) is 116 Å². The summed E-state index contributed by atoms with van der Waals surface area (Å²) in [4.78, 5) is 34.1. The molecule has 7 heteroatoms. The number of carboxylic acids is 1. The fourth-order valence-electron chi connectivity index (χ4n) is 1.98. The van der Waals surface area contributed by atoms with Gasteiger partial charge < -0.3 is 20.8 Å². The molecule has 1 aromatic carbocycles. The van der Waals surface area contributed by atoms with E-state index in [-0.39, 0.29) is 30.9 Å². The van der Waals surface area contributed by atoms with Gasteiger partial charge in [0.15, 0.2) is 0 Å². The summed E-state index contributed by atoms with van der Waals surface area (Å²) in [5.41, 5.74) is 1.63. The van der Waals surface area contributed by atoms with Crippen molar-refractivity contribution >= 4 is 23.5 Å². The smallest absolute Gasteiger partial charge is 0.326 e. The first-order valence-corrected chi connectivity index (χ1v) is 6.08. The molecule has 0 aliphatic carbocycles. The van der Waals surface area contributed by atoms with Crippen molar-refractivity contribution < 1.29 is 24.6 Å². The molecule has 2 amide bonds. The lowest BCUT2D eigenvalue weighted by Gasteiger charge is -2.13. The molecule has 1 aromatic rings. The van der Waals surface area contributed by atoms with Gasteiger partial charge in [0.05, 0.1) is 6.42 Å². The van der Waals surface area contributed by atoms with Crippen LogP contribution in [0.15, 0.2) is 18.2 Å². The molecule has 1 aliphatic heterocycles. The first kappa shape index (κ1) is 14.0. The Balaban J connectivity index is 2.12. The molecule has 1 heterocycles. The third-order valence-corrected chi connectivity index (χ3v) is 3.02. The van der Waals surface area contributed by atoms with Crippen LogP contribution in [0.25, 0.3) is 0 Å². The Morgan fingerprint density at radius 1 is 1.40 bits per heavy atom. The average Bonchev–Trinajstić information content (AvgIpc) is 2.76. The van der Waals surface area contributed by atoms with Gasteiger partial charge in [0.1, 0.15) is 6.04 Å². The number of carbonyl (C=O) groups is 3. The summed E-state index contributed by atoms with van der Waals surface area (Å²) in [7, 11) is 0. The predicted octanol–water partition coefficient (Wildman–Crippen LogP) is -0.253. The maximum atomic E-state index is 11.9. The van der Waals surface area contributed by atoms with Gasteiger partial charge in [-0.05, 0) is 17.7 Å². The molecule has 7 nitrogen and oxygen atoms in total. The molecule has 1 aliphatic rings. The number of aliphatic hydroxyl groups excluding tert-OH is 1. The number of hydrogen-bond donors (Lipinski definition) is 4. The lowest BCUT2D eigenvalue weighted by molar-refractivity contribution is -0.139. The minimum absolute atomic E-state index is 0.0667. The minimum atomic E-state index is -1.21. The summed E-state index contributed by atoms with van der Waals surface area (Å²) in [6.07, 6.45) is 0.211. The second-order valence-electron chi connectivity index (χ2n) is 4.47. The van der Waals surface area contributed by atoms with E-state index in [4.69, 9.17) is 10.2 Å². The standard InChI is InChI=1S/C13H14N2O5/c16-4-3-9(13(19)20)15-12(18)8-2-1-7-6-11(17)14-10(7)5-8/h1-2,5,9,16H,3-4,6H2,(H,14,17)(H,15,18)(H,19,20). The van der Waals surface area contributed by atoms with E-state index in [0.29, 0.717) is 5.69 Å². The highest BCUT2D eigenvalue weighted by atomic mass is 16.4. The Labute approximate surface area is 114 Å². The summed E-state index contributed by atoms with van der Waals surface area (Å²) in [5.74, 6) is -1.90. The average molecular weight is 278 g/mol. The molecular weight excluding hydrogens is 264 g/mol. The number of aliphatic hydroxyl groups is 1. The number of fused-ring (bicyclic) bond motifs is 1. The van der Waals surface area contributed by atoms with Gasteiger partial charge in [-0.25, -0.2) is 4.79 Å². The highest BCUT2D eigenvalue weighted by Crippen LogP contribution is 2.24. The van der Waals surface area contributed by atoms with Crippen LogP contribution >= 0.6 is 0 Å². The van der Waals surface area contributed by atoms with Crippen molar-refractivity contribution in [2.75, 3.05) is 11.9 Å². The molecule has 106 valence electrons. The molecule has 1 unspecified atom stereocenters. The van der Waals surface area contributed by atoms with Gasteiger partial charge in [-0.2, -0.15) is 0 Å². The van der Waals surface area contributed by atoms with E-state index in [0.717, 1.165) is 5.56 Å². The zero-order chi connectivity index (χ0) is 14.7. The normalized spacial score (nSPS) is 14.3. The minimum Gasteiger partial charge on any atom is -0.480 e. The number of carboxylic acid groups (broad SMARTS) is 1. The first-order valence-electron chi connectivity index (χ1n) is 6.08. The van der Waals surface area contributed by atoms with E-state index in [1.165, 1.54) is 12.1 Å². The molecule has 0 saturated carbocycles. The van der Waals surface area contributed by atoms with Crippen molar-refractivity contribution in [1.29, 1.82) is 0 Å². The van der Waals surface area contributed by atoms with E-state index in [1.807, 2.05) is 0 Å². The molecule has 0 spiro atoms. The van der Waals surface area contributed by atoms with E-state index in [9.17, 15) is 14.4 Å². The van der Waals surface area contributed by atoms with Gasteiger partial charge in [0.25, 0.3) is 5.91 Å². The maximum Gasteiger partial charge on any atom is 0.326 e. The summed E-state index contributed by atoms with van der Waals surface area (Å²) in [6, 6.07) is 3.55. The number of benzene rings is 1. The summed E-state index contributed by atoms with van der Waals surface area (Å²) in [5, 5.41) is 22.6. The Hall–Kier alpha value is -2.41. The third kappa shape index (κ3) is 2.94. The van der Waals surface area contributed by atoms with Crippen LogP contribution in [0.2, 0.25) is 0 Å². The summed E-state index contributed by atoms with van der Waals surface area (Å²) in [6.45, 7) is -0.336. The third-order valence-electron chi connectivity index (χ3n) is 3.02. The largest absolute Gasteiger partial charge is 0.480 e. The van der Waals surface area contributed by atoms with Crippen LogP contribution in [0.4, 0.5) is 5.69 Å². The quantitative estimate of drug-likeness (QED) is 0.592. The number of nitrogens with one attached hydrogen (secondary N) is 2. The Morgan fingerprint density at radius 3 is 2.80 bits per heavy atom. The number of rotatable bonds is 5. The Kier molecular flexibility index (Phi) is 3.99. The molecule has 0 fully saturated rings. The lowest BCUT2D eigenvalue weighted by atomic mass is 10.1. The van der Waals surface area contributed by atoms with Crippen molar-refractivity contribution in [3.63, 3.8) is 0 Å². The fraction of sp³-hybridized carbons (Fsp3) is 0.308. The van der Waals surface area contributed by atoms with Crippen LogP contribution in [0.1, 0.15) is 22.3 Å². The Morgan fingerprint density at radius 2 is 2.15 bits per heavy atom. The van der Waals surface area contributed by atoms with Gasteiger partial charge in [-0.15, -0.1) is 0 Å². The van der Waals surface area contributed by atoms with Gasteiger partial charge in [0, 0.05) is 24.3 Å². The van der Waals surface area contributed by atoms with E-state index < -0.39 is 17.9 Å². The zero-order valence-corrected chi connectivity index (χ0v) is 10.5. The van der Waals surface area contributed by atoms with Crippen molar-refractivity contribution in [3.05, 3.63) is 29.3 Å². The van der Waals surface area contributed by atoms with Crippen LogP contribution in [-0.2, 0) is 16.0 Å².